The second-order valence-corrected chi connectivity index (χ2v) is 10.9. The predicted molar refractivity (Wildman–Crippen MR) is 152 cm³/mol. The van der Waals surface area contributed by atoms with E-state index >= 15 is 0 Å². The molecule has 0 saturated heterocycles. The summed E-state index contributed by atoms with van der Waals surface area (Å²) in [7, 11) is 0. The second-order valence-electron chi connectivity index (χ2n) is 10.9. The van der Waals surface area contributed by atoms with Gasteiger partial charge in [0.25, 0.3) is 0 Å². The van der Waals surface area contributed by atoms with E-state index in [0.29, 0.717) is 17.9 Å². The number of carboxylic acids is 1. The minimum Gasteiger partial charge on any atom is -0.478 e. The molecule has 210 valence electrons. The maximum absolute atomic E-state index is 12.9. The van der Waals surface area contributed by atoms with Crippen LogP contribution in [0.15, 0.2) is 71.4 Å². The van der Waals surface area contributed by atoms with Gasteiger partial charge in [0.05, 0.1) is 6.10 Å². The van der Waals surface area contributed by atoms with Crippen LogP contribution in [-0.2, 0) is 19.1 Å². The molecule has 2 N–H and O–H groups in total. The number of hydrogen-bond donors (Lipinski definition) is 2. The Morgan fingerprint density at radius 2 is 1.68 bits per heavy atom. The average Bonchev–Trinajstić information content (AvgIpc) is 2.82. The lowest BCUT2D eigenvalue weighted by Crippen LogP contribution is -2.34. The van der Waals surface area contributed by atoms with Crippen molar-refractivity contribution >= 4 is 17.7 Å². The molecule has 1 rings (SSSR count). The topological polar surface area (TPSA) is 101 Å². The summed E-state index contributed by atoms with van der Waals surface area (Å²) in [6.07, 6.45) is 16.8. The van der Waals surface area contributed by atoms with Crippen LogP contribution in [0, 0.1) is 29.6 Å². The first-order valence-corrected chi connectivity index (χ1v) is 13.4. The second kappa shape index (κ2) is 16.1. The van der Waals surface area contributed by atoms with Gasteiger partial charge in [0.1, 0.15) is 11.9 Å². The highest BCUT2D eigenvalue weighted by Gasteiger charge is 2.29. The van der Waals surface area contributed by atoms with Crippen molar-refractivity contribution in [2.75, 3.05) is 0 Å². The van der Waals surface area contributed by atoms with Crippen molar-refractivity contribution in [3.8, 4) is 0 Å². The van der Waals surface area contributed by atoms with Gasteiger partial charge < -0.3 is 14.9 Å². The number of cyclic esters (lactones) is 1. The van der Waals surface area contributed by atoms with Crippen LogP contribution in [-0.4, -0.2) is 40.1 Å². The standard InChI is InChI=1S/C32H46O6/c1-20(16-22(3)12-14-28-24(5)13-15-30(35)38-28)10-9-11-21(2)17-25(6)31(36)27(8)32(37)26(7)18-23(4)19-29(33)34/h9,11-17,19-20,24-28,32,37H,10,18H2,1-8H3,(H,33,34). The number of aliphatic carboxylic acids is 1. The minimum absolute atomic E-state index is 0.0378. The normalized spacial score (nSPS) is 23.3. The zero-order valence-electron chi connectivity index (χ0n) is 24.2. The summed E-state index contributed by atoms with van der Waals surface area (Å²) >= 11 is 0. The van der Waals surface area contributed by atoms with Gasteiger partial charge in [-0.25, -0.2) is 9.59 Å². The number of allylic oxidation sites excluding steroid dienone is 8. The molecule has 7 unspecified atom stereocenters. The summed E-state index contributed by atoms with van der Waals surface area (Å²) in [6.45, 7) is 15.3. The lowest BCUT2D eigenvalue weighted by molar-refractivity contribution is -0.143. The number of carbonyl (C=O) groups excluding carboxylic acids is 2. The van der Waals surface area contributed by atoms with E-state index in [9.17, 15) is 19.5 Å². The average molecular weight is 527 g/mol. The maximum atomic E-state index is 12.9. The molecule has 38 heavy (non-hydrogen) atoms. The van der Waals surface area contributed by atoms with Crippen LogP contribution in [0.3, 0.4) is 0 Å². The van der Waals surface area contributed by atoms with Gasteiger partial charge in [-0.15, -0.1) is 0 Å². The number of ketones is 1. The van der Waals surface area contributed by atoms with E-state index in [-0.39, 0.29) is 35.6 Å². The summed E-state index contributed by atoms with van der Waals surface area (Å²) in [5, 5.41) is 19.5. The monoisotopic (exact) mass is 526 g/mol. The maximum Gasteiger partial charge on any atom is 0.331 e. The minimum atomic E-state index is -1.01. The van der Waals surface area contributed by atoms with Crippen molar-refractivity contribution < 1.29 is 29.3 Å². The number of carbonyl (C=O) groups is 3. The van der Waals surface area contributed by atoms with Gasteiger partial charge in [0, 0.05) is 29.9 Å². The van der Waals surface area contributed by atoms with Crippen LogP contribution < -0.4 is 0 Å². The zero-order chi connectivity index (χ0) is 29.0. The van der Waals surface area contributed by atoms with E-state index in [4.69, 9.17) is 9.84 Å². The molecule has 0 aromatic carbocycles. The Labute approximate surface area is 228 Å². The molecule has 1 aliphatic heterocycles. The highest BCUT2D eigenvalue weighted by Crippen LogP contribution is 2.24. The molecule has 0 bridgehead atoms. The van der Waals surface area contributed by atoms with E-state index in [0.717, 1.165) is 23.6 Å². The van der Waals surface area contributed by atoms with Crippen molar-refractivity contribution in [2.45, 2.75) is 80.4 Å². The highest BCUT2D eigenvalue weighted by molar-refractivity contribution is 5.85. The third-order valence-electron chi connectivity index (χ3n) is 6.81. The van der Waals surface area contributed by atoms with Crippen LogP contribution >= 0.6 is 0 Å². The fraction of sp³-hybridized carbons (Fsp3) is 0.531. The molecule has 0 amide bonds. The summed E-state index contributed by atoms with van der Waals surface area (Å²) in [5.41, 5.74) is 2.75. The third-order valence-corrected chi connectivity index (χ3v) is 6.81. The molecule has 0 aromatic heterocycles. The molecule has 0 radical (unpaired) electrons. The van der Waals surface area contributed by atoms with Crippen molar-refractivity contribution in [2.24, 2.45) is 29.6 Å². The Kier molecular flexibility index (Phi) is 14.0. The summed E-state index contributed by atoms with van der Waals surface area (Å²) in [6, 6.07) is 0. The predicted octanol–water partition coefficient (Wildman–Crippen LogP) is 6.39. The van der Waals surface area contributed by atoms with E-state index < -0.39 is 18.0 Å². The number of carboxylic acid groups (broad SMARTS) is 1. The summed E-state index contributed by atoms with van der Waals surface area (Å²) < 4.78 is 5.34. The van der Waals surface area contributed by atoms with E-state index in [1.807, 2.05) is 65.0 Å². The molecular formula is C32H46O6. The molecule has 6 nitrogen and oxygen atoms in total. The van der Waals surface area contributed by atoms with Crippen molar-refractivity contribution in [1.29, 1.82) is 0 Å². The Morgan fingerprint density at radius 1 is 1.05 bits per heavy atom. The fourth-order valence-corrected chi connectivity index (χ4v) is 4.63. The van der Waals surface area contributed by atoms with E-state index in [1.165, 1.54) is 6.08 Å². The molecule has 6 heteroatoms. The molecule has 0 aliphatic carbocycles. The molecule has 0 aromatic rings. The van der Waals surface area contributed by atoms with Crippen LogP contribution in [0.1, 0.15) is 68.2 Å². The van der Waals surface area contributed by atoms with Gasteiger partial charge in [-0.1, -0.05) is 87.8 Å². The summed E-state index contributed by atoms with van der Waals surface area (Å²) in [5.74, 6) is -2.02. The van der Waals surface area contributed by atoms with Crippen molar-refractivity contribution in [3.05, 3.63) is 71.4 Å². The van der Waals surface area contributed by atoms with Crippen LogP contribution in [0.4, 0.5) is 0 Å². The fourth-order valence-electron chi connectivity index (χ4n) is 4.63. The lowest BCUT2D eigenvalue weighted by Gasteiger charge is -2.25. The van der Waals surface area contributed by atoms with Gasteiger partial charge in [-0.2, -0.15) is 0 Å². The first-order valence-electron chi connectivity index (χ1n) is 13.4. The number of ether oxygens (including phenoxy) is 1. The molecule has 0 saturated carbocycles. The first-order chi connectivity index (χ1) is 17.7. The SMILES string of the molecule is CC(C=CC1OC(=O)C=CC1C)=CC(C)CC=CC(C)=CC(C)C(=O)C(C)C(O)C(C)CC(C)=CC(=O)O. The molecule has 1 aliphatic rings. The molecule has 7 atom stereocenters. The Hall–Kier alpha value is -2.99. The number of hydrogen-bond acceptors (Lipinski definition) is 5. The molecule has 1 heterocycles. The van der Waals surface area contributed by atoms with E-state index in [1.54, 1.807) is 13.8 Å². The smallest absolute Gasteiger partial charge is 0.331 e. The summed E-state index contributed by atoms with van der Waals surface area (Å²) in [4.78, 5) is 35.2. The molecule has 0 fully saturated rings. The number of aliphatic hydroxyl groups excluding tert-OH is 1. The number of aliphatic hydroxyl groups is 1. The van der Waals surface area contributed by atoms with Crippen LogP contribution in [0.25, 0.3) is 0 Å². The Bertz CT molecular complexity index is 1010. The van der Waals surface area contributed by atoms with Crippen LogP contribution in [0.2, 0.25) is 0 Å². The van der Waals surface area contributed by atoms with Gasteiger partial charge >= 0.3 is 11.9 Å². The number of rotatable bonds is 14. The number of Topliss-reactive ketones (excluding diaryl/α,β-unsaturated/α-hetero) is 1. The Morgan fingerprint density at radius 3 is 2.32 bits per heavy atom. The van der Waals surface area contributed by atoms with Crippen molar-refractivity contribution in [1.82, 2.24) is 0 Å². The number of esters is 1. The zero-order valence-corrected chi connectivity index (χ0v) is 24.2. The van der Waals surface area contributed by atoms with E-state index in [2.05, 4.69) is 19.1 Å². The van der Waals surface area contributed by atoms with Crippen molar-refractivity contribution in [3.63, 3.8) is 0 Å². The Balaban J connectivity index is 2.63. The lowest BCUT2D eigenvalue weighted by atomic mass is 9.83. The largest absolute Gasteiger partial charge is 0.478 e. The third kappa shape index (κ3) is 12.0. The van der Waals surface area contributed by atoms with Gasteiger partial charge in [-0.3, -0.25) is 4.79 Å². The van der Waals surface area contributed by atoms with Gasteiger partial charge in [0.15, 0.2) is 0 Å². The van der Waals surface area contributed by atoms with Gasteiger partial charge in [0.2, 0.25) is 0 Å². The van der Waals surface area contributed by atoms with Gasteiger partial charge in [-0.05, 0) is 51.5 Å². The molecular weight excluding hydrogens is 480 g/mol. The quantitative estimate of drug-likeness (QED) is 0.154. The molecule has 0 spiro atoms. The van der Waals surface area contributed by atoms with Crippen LogP contribution in [0.5, 0.6) is 0 Å². The highest BCUT2D eigenvalue weighted by atomic mass is 16.5. The first kappa shape index (κ1) is 33.0.